The Morgan fingerprint density at radius 1 is 1.25 bits per heavy atom. The Hall–Kier alpha value is -1.88. The van der Waals surface area contributed by atoms with Crippen molar-refractivity contribution in [2.24, 2.45) is 0 Å². The van der Waals surface area contributed by atoms with Gasteiger partial charge < -0.3 is 11.1 Å². The molecule has 0 unspecified atom stereocenters. The van der Waals surface area contributed by atoms with Crippen molar-refractivity contribution < 1.29 is 4.79 Å². The third-order valence-electron chi connectivity index (χ3n) is 3.67. The van der Waals surface area contributed by atoms with Gasteiger partial charge in [0.15, 0.2) is 0 Å². The summed E-state index contributed by atoms with van der Waals surface area (Å²) in [5, 5.41) is 3.05. The third kappa shape index (κ3) is 2.54. The van der Waals surface area contributed by atoms with Crippen LogP contribution < -0.4 is 11.1 Å². The Balaban J connectivity index is 1.81. The average Bonchev–Trinajstić information content (AvgIpc) is 3.09. The summed E-state index contributed by atoms with van der Waals surface area (Å²) in [6.07, 6.45) is 4.52. The fraction of sp³-hybridized carbons (Fsp3) is 0.333. The summed E-state index contributed by atoms with van der Waals surface area (Å²) in [6, 6.07) is 10.0. The molecular weight excluding hydrogens is 270 g/mol. The molecular formula is C15H17N3OS. The average molecular weight is 287 g/mol. The van der Waals surface area contributed by atoms with Crippen LogP contribution in [0.3, 0.4) is 0 Å². The minimum atomic E-state index is -0.0888. The van der Waals surface area contributed by atoms with E-state index in [-0.39, 0.29) is 5.91 Å². The molecule has 1 aliphatic rings. The molecule has 1 aromatic heterocycles. The number of nitrogens with two attached hydrogens (primary N) is 1. The van der Waals surface area contributed by atoms with Crippen LogP contribution in [0.25, 0.3) is 11.3 Å². The fourth-order valence-electron chi connectivity index (χ4n) is 2.59. The molecule has 3 rings (SSSR count). The molecule has 0 saturated heterocycles. The smallest absolute Gasteiger partial charge is 0.265 e. The summed E-state index contributed by atoms with van der Waals surface area (Å²) in [4.78, 5) is 12.8. The maximum absolute atomic E-state index is 12.2. The highest BCUT2D eigenvalue weighted by molar-refractivity contribution is 7.09. The molecule has 0 bridgehead atoms. The lowest BCUT2D eigenvalue weighted by Gasteiger charge is -2.10. The van der Waals surface area contributed by atoms with E-state index in [0.717, 1.165) is 18.4 Å². The van der Waals surface area contributed by atoms with Crippen LogP contribution in [0.1, 0.15) is 35.4 Å². The van der Waals surface area contributed by atoms with E-state index in [2.05, 4.69) is 9.69 Å². The van der Waals surface area contributed by atoms with Gasteiger partial charge in [-0.1, -0.05) is 43.2 Å². The molecule has 104 valence electrons. The first-order valence-electron chi connectivity index (χ1n) is 6.87. The quantitative estimate of drug-likeness (QED) is 0.911. The van der Waals surface area contributed by atoms with Gasteiger partial charge >= 0.3 is 0 Å². The summed E-state index contributed by atoms with van der Waals surface area (Å²) in [7, 11) is 0. The van der Waals surface area contributed by atoms with Crippen molar-refractivity contribution in [3.8, 4) is 11.3 Å². The van der Waals surface area contributed by atoms with Gasteiger partial charge in [0.25, 0.3) is 5.91 Å². The largest absolute Gasteiger partial charge is 0.396 e. The van der Waals surface area contributed by atoms with Crippen molar-refractivity contribution in [1.82, 2.24) is 9.69 Å². The van der Waals surface area contributed by atoms with E-state index >= 15 is 0 Å². The van der Waals surface area contributed by atoms with Crippen LogP contribution in [0.2, 0.25) is 0 Å². The molecule has 5 heteroatoms. The molecule has 0 radical (unpaired) electrons. The van der Waals surface area contributed by atoms with E-state index in [0.29, 0.717) is 22.3 Å². The van der Waals surface area contributed by atoms with Crippen molar-refractivity contribution >= 4 is 23.1 Å². The van der Waals surface area contributed by atoms with Crippen molar-refractivity contribution in [1.29, 1.82) is 0 Å². The molecule has 1 amide bonds. The Labute approximate surface area is 122 Å². The number of rotatable bonds is 3. The van der Waals surface area contributed by atoms with Crippen molar-refractivity contribution in [2.75, 3.05) is 5.73 Å². The fourth-order valence-corrected chi connectivity index (χ4v) is 3.31. The number of carbonyl (C=O) groups is 1. The van der Waals surface area contributed by atoms with E-state index in [1.54, 1.807) is 0 Å². The van der Waals surface area contributed by atoms with Crippen molar-refractivity contribution in [3.63, 3.8) is 0 Å². The molecule has 1 aliphatic carbocycles. The molecule has 0 spiro atoms. The van der Waals surface area contributed by atoms with Crippen LogP contribution >= 0.6 is 11.5 Å². The summed E-state index contributed by atoms with van der Waals surface area (Å²) >= 11 is 1.18. The number of hydrogen-bond donors (Lipinski definition) is 2. The monoisotopic (exact) mass is 287 g/mol. The zero-order chi connectivity index (χ0) is 13.9. The Morgan fingerprint density at radius 2 is 1.95 bits per heavy atom. The minimum Gasteiger partial charge on any atom is -0.396 e. The molecule has 0 aliphatic heterocycles. The zero-order valence-corrected chi connectivity index (χ0v) is 12.0. The van der Waals surface area contributed by atoms with Crippen LogP contribution in [0.4, 0.5) is 5.69 Å². The summed E-state index contributed by atoms with van der Waals surface area (Å²) < 4.78 is 4.34. The molecule has 1 fully saturated rings. The third-order valence-corrected chi connectivity index (χ3v) is 4.53. The first-order valence-corrected chi connectivity index (χ1v) is 7.64. The second-order valence-electron chi connectivity index (χ2n) is 5.09. The molecule has 2 aromatic rings. The lowest BCUT2D eigenvalue weighted by Crippen LogP contribution is -2.32. The number of aromatic nitrogens is 1. The number of nitrogens with one attached hydrogen (secondary N) is 1. The first kappa shape index (κ1) is 13.1. The van der Waals surface area contributed by atoms with Gasteiger partial charge in [-0.3, -0.25) is 4.79 Å². The van der Waals surface area contributed by atoms with Gasteiger partial charge in [0.05, 0.1) is 5.69 Å². The molecule has 1 aromatic carbocycles. The van der Waals surface area contributed by atoms with Crippen molar-refractivity contribution in [2.45, 2.75) is 31.7 Å². The molecule has 4 nitrogen and oxygen atoms in total. The summed E-state index contributed by atoms with van der Waals surface area (Å²) in [5.41, 5.74) is 8.23. The number of nitrogens with zero attached hydrogens (tertiary/aromatic N) is 1. The highest BCUT2D eigenvalue weighted by Gasteiger charge is 2.22. The van der Waals surface area contributed by atoms with Gasteiger partial charge in [-0.05, 0) is 24.4 Å². The Bertz CT molecular complexity index is 603. The maximum atomic E-state index is 12.2. The second-order valence-corrected chi connectivity index (χ2v) is 5.87. The minimum absolute atomic E-state index is 0.0888. The highest BCUT2D eigenvalue weighted by Crippen LogP contribution is 2.31. The number of benzene rings is 1. The number of anilines is 1. The van der Waals surface area contributed by atoms with Gasteiger partial charge in [-0.2, -0.15) is 4.37 Å². The number of hydrogen-bond acceptors (Lipinski definition) is 4. The Morgan fingerprint density at radius 3 is 2.65 bits per heavy atom. The lowest BCUT2D eigenvalue weighted by molar-refractivity contribution is 0.0943. The van der Waals surface area contributed by atoms with E-state index in [9.17, 15) is 4.79 Å². The van der Waals surface area contributed by atoms with Crippen LogP contribution in [-0.4, -0.2) is 16.3 Å². The molecule has 3 N–H and O–H groups in total. The van der Waals surface area contributed by atoms with Crippen LogP contribution in [0.15, 0.2) is 30.3 Å². The van der Waals surface area contributed by atoms with Gasteiger partial charge in [0, 0.05) is 11.6 Å². The van der Waals surface area contributed by atoms with Gasteiger partial charge in [0.1, 0.15) is 10.6 Å². The molecule has 1 saturated carbocycles. The summed E-state index contributed by atoms with van der Waals surface area (Å²) in [5.74, 6) is -0.0888. The van der Waals surface area contributed by atoms with E-state index < -0.39 is 0 Å². The molecule has 0 atom stereocenters. The number of amides is 1. The predicted molar refractivity (Wildman–Crippen MR) is 81.7 cm³/mol. The lowest BCUT2D eigenvalue weighted by atomic mass is 10.1. The zero-order valence-electron chi connectivity index (χ0n) is 11.1. The first-order chi connectivity index (χ1) is 9.75. The van der Waals surface area contributed by atoms with Crippen molar-refractivity contribution in [3.05, 3.63) is 35.2 Å². The number of carbonyl (C=O) groups excluding carboxylic acids is 1. The SMILES string of the molecule is Nc1c(-c2ccccc2)nsc1C(=O)NC1CCCC1. The van der Waals surface area contributed by atoms with Gasteiger partial charge in [-0.25, -0.2) is 0 Å². The summed E-state index contributed by atoms with van der Waals surface area (Å²) in [6.45, 7) is 0. The van der Waals surface area contributed by atoms with Gasteiger partial charge in [-0.15, -0.1) is 0 Å². The molecule has 20 heavy (non-hydrogen) atoms. The van der Waals surface area contributed by atoms with Crippen LogP contribution in [0, 0.1) is 0 Å². The van der Waals surface area contributed by atoms with Gasteiger partial charge in [0.2, 0.25) is 0 Å². The van der Waals surface area contributed by atoms with E-state index in [1.807, 2.05) is 30.3 Å². The normalized spacial score (nSPS) is 15.4. The van der Waals surface area contributed by atoms with Crippen LogP contribution in [-0.2, 0) is 0 Å². The van der Waals surface area contributed by atoms with E-state index in [4.69, 9.17) is 5.73 Å². The second kappa shape index (κ2) is 5.63. The standard InChI is InChI=1S/C15H17N3OS/c16-12-13(10-6-2-1-3-7-10)18-20-14(12)15(19)17-11-8-4-5-9-11/h1-3,6-7,11H,4-5,8-9,16H2,(H,17,19). The predicted octanol–water partition coefficient (Wildman–Crippen LogP) is 3.06. The van der Waals surface area contributed by atoms with E-state index in [1.165, 1.54) is 24.4 Å². The maximum Gasteiger partial charge on any atom is 0.265 e. The molecule has 1 heterocycles. The highest BCUT2D eigenvalue weighted by atomic mass is 32.1. The Kier molecular flexibility index (Phi) is 3.69. The van der Waals surface area contributed by atoms with Crippen LogP contribution in [0.5, 0.6) is 0 Å². The topological polar surface area (TPSA) is 68.0 Å². The number of nitrogen functional groups attached to an aromatic ring is 1.